The Morgan fingerprint density at radius 1 is 1.33 bits per heavy atom. The molecule has 8 nitrogen and oxygen atoms in total. The number of non-ortho nitro benzene ring substituents is 1. The third-order valence-electron chi connectivity index (χ3n) is 4.07. The average molecular weight is 444 g/mol. The van der Waals surface area contributed by atoms with Crippen LogP contribution in [0.4, 0.5) is 11.4 Å². The number of aryl methyl sites for hydroxylation is 1. The number of amides is 1. The van der Waals surface area contributed by atoms with Gasteiger partial charge in [0.25, 0.3) is 5.69 Å². The largest absolute Gasteiger partial charge is 0.324 e. The summed E-state index contributed by atoms with van der Waals surface area (Å²) < 4.78 is 1.88. The molecule has 0 fully saturated rings. The maximum Gasteiger partial charge on any atom is 0.271 e. The van der Waals surface area contributed by atoms with E-state index in [1.165, 1.54) is 30.0 Å². The van der Waals surface area contributed by atoms with Gasteiger partial charge in [-0.05, 0) is 19.1 Å². The van der Waals surface area contributed by atoms with Crippen molar-refractivity contribution in [1.82, 2.24) is 14.8 Å². The number of carbonyl (C=O) groups excluding carboxylic acids is 1. The molecular weight excluding hydrogens is 426 g/mol. The lowest BCUT2D eigenvalue weighted by Crippen LogP contribution is -2.15. The number of nitrogens with zero attached hydrogens (tertiary/aromatic N) is 4. The standard InChI is InChI=1S/C20H18ClN5O3S/c1-3-9-25-19(14-6-4-5-13(2)10-14)23-24-20(25)30-12-18(27)22-17-11-15(26(28)29)7-8-16(17)21/h3-8,10-11H,1,9,12H2,2H3,(H,22,27). The van der Waals surface area contributed by atoms with Crippen LogP contribution in [-0.4, -0.2) is 31.3 Å². The first-order valence-corrected chi connectivity index (χ1v) is 10.2. The highest BCUT2D eigenvalue weighted by molar-refractivity contribution is 7.99. The molecule has 0 aliphatic carbocycles. The van der Waals surface area contributed by atoms with Gasteiger partial charge in [-0.1, -0.05) is 53.2 Å². The average Bonchev–Trinajstić information content (AvgIpc) is 3.11. The van der Waals surface area contributed by atoms with Crippen LogP contribution in [0.5, 0.6) is 0 Å². The number of halogens is 1. The van der Waals surface area contributed by atoms with Gasteiger partial charge in [-0.3, -0.25) is 19.5 Å². The number of hydrogen-bond donors (Lipinski definition) is 1. The summed E-state index contributed by atoms with van der Waals surface area (Å²) in [4.78, 5) is 22.7. The van der Waals surface area contributed by atoms with Crippen LogP contribution < -0.4 is 5.32 Å². The van der Waals surface area contributed by atoms with Crippen LogP contribution in [0, 0.1) is 17.0 Å². The third kappa shape index (κ3) is 5.05. The van der Waals surface area contributed by atoms with Crippen molar-refractivity contribution >= 4 is 40.6 Å². The van der Waals surface area contributed by atoms with Crippen LogP contribution in [0.2, 0.25) is 5.02 Å². The number of hydrogen-bond acceptors (Lipinski definition) is 6. The minimum Gasteiger partial charge on any atom is -0.324 e. The summed E-state index contributed by atoms with van der Waals surface area (Å²) in [5.74, 6) is 0.346. The molecule has 3 rings (SSSR count). The van der Waals surface area contributed by atoms with E-state index < -0.39 is 4.92 Å². The number of allylic oxidation sites excluding steroid dienone is 1. The van der Waals surface area contributed by atoms with Crippen LogP contribution in [0.25, 0.3) is 11.4 Å². The molecule has 1 N–H and O–H groups in total. The molecule has 2 aromatic carbocycles. The zero-order valence-electron chi connectivity index (χ0n) is 16.0. The van der Waals surface area contributed by atoms with E-state index in [4.69, 9.17) is 11.6 Å². The number of carbonyl (C=O) groups is 1. The molecule has 0 saturated carbocycles. The minimum absolute atomic E-state index is 0.0299. The highest BCUT2D eigenvalue weighted by atomic mass is 35.5. The van der Waals surface area contributed by atoms with E-state index in [1.54, 1.807) is 6.08 Å². The van der Waals surface area contributed by atoms with Gasteiger partial charge in [-0.2, -0.15) is 0 Å². The van der Waals surface area contributed by atoms with Crippen molar-refractivity contribution in [2.24, 2.45) is 0 Å². The maximum atomic E-state index is 12.4. The lowest BCUT2D eigenvalue weighted by molar-refractivity contribution is -0.384. The van der Waals surface area contributed by atoms with Crippen molar-refractivity contribution < 1.29 is 9.72 Å². The Labute approximate surface area is 182 Å². The Morgan fingerprint density at radius 2 is 2.13 bits per heavy atom. The van der Waals surface area contributed by atoms with Gasteiger partial charge in [0, 0.05) is 24.2 Å². The molecule has 0 saturated heterocycles. The summed E-state index contributed by atoms with van der Waals surface area (Å²) in [6, 6.07) is 11.8. The van der Waals surface area contributed by atoms with E-state index in [2.05, 4.69) is 22.1 Å². The molecule has 3 aromatic rings. The Balaban J connectivity index is 1.74. The first kappa shape index (κ1) is 21.5. The maximum absolute atomic E-state index is 12.4. The van der Waals surface area contributed by atoms with Crippen molar-refractivity contribution in [2.45, 2.75) is 18.6 Å². The Hall–Kier alpha value is -3.17. The van der Waals surface area contributed by atoms with Gasteiger partial charge in [0.1, 0.15) is 0 Å². The summed E-state index contributed by atoms with van der Waals surface area (Å²) >= 11 is 7.23. The summed E-state index contributed by atoms with van der Waals surface area (Å²) in [6.45, 7) is 6.26. The molecule has 154 valence electrons. The zero-order valence-corrected chi connectivity index (χ0v) is 17.6. The first-order valence-electron chi connectivity index (χ1n) is 8.86. The molecule has 0 aliphatic rings. The molecule has 1 heterocycles. The van der Waals surface area contributed by atoms with Gasteiger partial charge in [0.05, 0.1) is 21.4 Å². The summed E-state index contributed by atoms with van der Waals surface area (Å²) in [5.41, 5.74) is 2.05. The fraction of sp³-hybridized carbons (Fsp3) is 0.150. The van der Waals surface area contributed by atoms with Crippen molar-refractivity contribution in [3.05, 3.63) is 75.8 Å². The molecule has 0 radical (unpaired) electrons. The van der Waals surface area contributed by atoms with Gasteiger partial charge < -0.3 is 5.32 Å². The molecule has 0 spiro atoms. The van der Waals surface area contributed by atoms with Gasteiger partial charge in [-0.25, -0.2) is 0 Å². The van der Waals surface area contributed by atoms with Gasteiger partial charge >= 0.3 is 0 Å². The Bertz CT molecular complexity index is 1120. The van der Waals surface area contributed by atoms with Crippen molar-refractivity contribution in [3.8, 4) is 11.4 Å². The first-order chi connectivity index (χ1) is 14.4. The quantitative estimate of drug-likeness (QED) is 0.233. The number of thioether (sulfide) groups is 1. The SMILES string of the molecule is C=CCn1c(SCC(=O)Nc2cc([N+](=O)[O-])ccc2Cl)nnc1-c1cccc(C)c1. The molecule has 0 atom stereocenters. The van der Waals surface area contributed by atoms with E-state index >= 15 is 0 Å². The molecule has 0 unspecified atom stereocenters. The summed E-state index contributed by atoms with van der Waals surface area (Å²) in [7, 11) is 0. The minimum atomic E-state index is -0.550. The summed E-state index contributed by atoms with van der Waals surface area (Å²) in [5, 5.41) is 22.8. The monoisotopic (exact) mass is 443 g/mol. The highest BCUT2D eigenvalue weighted by Crippen LogP contribution is 2.28. The molecular formula is C20H18ClN5O3S. The predicted molar refractivity (Wildman–Crippen MR) is 118 cm³/mol. The number of nitrogens with one attached hydrogen (secondary N) is 1. The smallest absolute Gasteiger partial charge is 0.271 e. The number of benzene rings is 2. The van der Waals surface area contributed by atoms with Crippen molar-refractivity contribution in [3.63, 3.8) is 0 Å². The zero-order chi connectivity index (χ0) is 21.7. The number of nitro benzene ring substituents is 1. The van der Waals surface area contributed by atoms with Crippen LogP contribution in [0.3, 0.4) is 0 Å². The number of nitro groups is 1. The number of aromatic nitrogens is 3. The van der Waals surface area contributed by atoms with Crippen LogP contribution >= 0.6 is 23.4 Å². The van der Waals surface area contributed by atoms with Gasteiger partial charge in [0.15, 0.2) is 11.0 Å². The van der Waals surface area contributed by atoms with Crippen LogP contribution in [0.1, 0.15) is 5.56 Å². The van der Waals surface area contributed by atoms with Crippen molar-refractivity contribution in [1.29, 1.82) is 0 Å². The predicted octanol–water partition coefficient (Wildman–Crippen LogP) is 4.73. The number of rotatable bonds is 8. The molecule has 30 heavy (non-hydrogen) atoms. The topological polar surface area (TPSA) is 103 Å². The second kappa shape index (κ2) is 9.55. The lowest BCUT2D eigenvalue weighted by Gasteiger charge is -2.09. The van der Waals surface area contributed by atoms with Crippen LogP contribution in [0.15, 0.2) is 60.3 Å². The normalized spacial score (nSPS) is 10.6. The molecule has 10 heteroatoms. The van der Waals surface area contributed by atoms with Gasteiger partial charge in [-0.15, -0.1) is 16.8 Å². The fourth-order valence-corrected chi connectivity index (χ4v) is 3.64. The molecule has 0 aliphatic heterocycles. The Morgan fingerprint density at radius 3 is 2.83 bits per heavy atom. The van der Waals surface area contributed by atoms with E-state index in [9.17, 15) is 14.9 Å². The van der Waals surface area contributed by atoms with E-state index in [-0.39, 0.29) is 28.1 Å². The highest BCUT2D eigenvalue weighted by Gasteiger charge is 2.16. The molecule has 1 amide bonds. The lowest BCUT2D eigenvalue weighted by atomic mass is 10.1. The van der Waals surface area contributed by atoms with E-state index in [1.807, 2.05) is 35.8 Å². The molecule has 0 bridgehead atoms. The number of anilines is 1. The van der Waals surface area contributed by atoms with E-state index in [0.29, 0.717) is 17.5 Å². The third-order valence-corrected chi connectivity index (χ3v) is 5.37. The fourth-order valence-electron chi connectivity index (χ4n) is 2.73. The second-order valence-corrected chi connectivity index (χ2v) is 7.68. The summed E-state index contributed by atoms with van der Waals surface area (Å²) in [6.07, 6.45) is 1.73. The molecule has 1 aromatic heterocycles. The Kier molecular flexibility index (Phi) is 6.86. The van der Waals surface area contributed by atoms with E-state index in [0.717, 1.165) is 11.1 Å². The van der Waals surface area contributed by atoms with Crippen LogP contribution in [-0.2, 0) is 11.3 Å². The van der Waals surface area contributed by atoms with Gasteiger partial charge in [0.2, 0.25) is 5.91 Å². The second-order valence-electron chi connectivity index (χ2n) is 6.33. The van der Waals surface area contributed by atoms with Crippen molar-refractivity contribution in [2.75, 3.05) is 11.1 Å².